The van der Waals surface area contributed by atoms with E-state index in [-0.39, 0.29) is 5.91 Å². The molecule has 144 valence electrons. The van der Waals surface area contributed by atoms with Crippen LogP contribution in [-0.4, -0.2) is 43.0 Å². The van der Waals surface area contributed by atoms with Crippen molar-refractivity contribution in [2.45, 2.75) is 20.8 Å². The minimum Gasteiger partial charge on any atom is -0.309 e. The second kappa shape index (κ2) is 8.18. The van der Waals surface area contributed by atoms with Crippen molar-refractivity contribution in [2.24, 2.45) is 5.92 Å². The zero-order chi connectivity index (χ0) is 20.2. The van der Waals surface area contributed by atoms with E-state index in [1.54, 1.807) is 26.2 Å². The third-order valence-corrected chi connectivity index (χ3v) is 5.23. The van der Waals surface area contributed by atoms with E-state index in [9.17, 15) is 13.4 Å². The van der Waals surface area contributed by atoms with E-state index in [1.165, 1.54) is 33.5 Å². The second-order valence-corrected chi connectivity index (χ2v) is 8.31. The normalized spacial score (nSPS) is 13.9. The van der Waals surface area contributed by atoms with Crippen molar-refractivity contribution in [3.63, 3.8) is 0 Å². The van der Waals surface area contributed by atoms with Gasteiger partial charge in [0.15, 0.2) is 6.19 Å². The molecule has 0 fully saturated rings. The Morgan fingerprint density at radius 1 is 1.56 bits per heavy atom. The molecule has 2 aromatic heterocycles. The van der Waals surface area contributed by atoms with Crippen molar-refractivity contribution in [3.05, 3.63) is 36.2 Å². The first-order valence-electron chi connectivity index (χ1n) is 8.17. The zero-order valence-electron chi connectivity index (χ0n) is 15.5. The predicted octanol–water partition coefficient (Wildman–Crippen LogP) is 1.41. The maximum absolute atomic E-state index is 13.4. The highest BCUT2D eigenvalue weighted by molar-refractivity contribution is 7.99. The third-order valence-electron chi connectivity index (χ3n) is 3.80. The van der Waals surface area contributed by atoms with Crippen LogP contribution in [0.25, 0.3) is 5.69 Å². The van der Waals surface area contributed by atoms with Gasteiger partial charge in [-0.2, -0.15) is 10.4 Å². The van der Waals surface area contributed by atoms with Crippen LogP contribution in [0.2, 0.25) is 0 Å². The van der Waals surface area contributed by atoms with Gasteiger partial charge in [0, 0.05) is 18.9 Å². The van der Waals surface area contributed by atoms with Crippen LogP contribution < -0.4 is 9.62 Å². The number of carbonyl (C=O) groups excluding carboxylic acids is 1. The van der Waals surface area contributed by atoms with Gasteiger partial charge < -0.3 is 4.90 Å². The van der Waals surface area contributed by atoms with Crippen LogP contribution in [-0.2, 0) is 14.5 Å². The number of halogens is 1. The number of hydrogen-bond donors (Lipinski definition) is 1. The zero-order valence-corrected chi connectivity index (χ0v) is 16.3. The Morgan fingerprint density at radius 3 is 2.85 bits per heavy atom. The van der Waals surface area contributed by atoms with Gasteiger partial charge >= 0.3 is 0 Å². The van der Waals surface area contributed by atoms with E-state index >= 15 is 0 Å². The molecule has 0 aliphatic carbocycles. The van der Waals surface area contributed by atoms with Gasteiger partial charge in [0.1, 0.15) is 5.82 Å². The van der Waals surface area contributed by atoms with E-state index < -0.39 is 21.4 Å². The lowest BCUT2D eigenvalue weighted by Gasteiger charge is -2.22. The van der Waals surface area contributed by atoms with Crippen molar-refractivity contribution in [1.29, 1.82) is 5.26 Å². The number of pyridine rings is 1. The molecule has 0 aromatic carbocycles. The molecule has 2 atom stereocenters. The Bertz CT molecular complexity index is 1000. The number of aromatic nitrogens is 3. The summed E-state index contributed by atoms with van der Waals surface area (Å²) in [6.45, 7) is 5.52. The molecule has 2 rings (SSSR count). The summed E-state index contributed by atoms with van der Waals surface area (Å²) in [6, 6.07) is 1.29. The van der Waals surface area contributed by atoms with Gasteiger partial charge in [-0.05, 0) is 26.1 Å². The van der Waals surface area contributed by atoms with E-state index in [0.29, 0.717) is 23.6 Å². The van der Waals surface area contributed by atoms with Crippen molar-refractivity contribution < 1.29 is 13.4 Å². The highest BCUT2D eigenvalue weighted by Crippen LogP contribution is 2.22. The molecule has 27 heavy (non-hydrogen) atoms. The van der Waals surface area contributed by atoms with E-state index in [4.69, 9.17) is 5.26 Å². The molecule has 1 N–H and O–H groups in total. The molecule has 1 amide bonds. The average molecular weight is 392 g/mol. The van der Waals surface area contributed by atoms with Crippen LogP contribution in [0, 0.1) is 30.1 Å². The number of nitrogens with zero attached hydrogens (tertiary/aromatic N) is 5. The van der Waals surface area contributed by atoms with Gasteiger partial charge in [0.05, 0.1) is 51.3 Å². The molecular formula is C17H21FN6O2S. The summed E-state index contributed by atoms with van der Waals surface area (Å²) in [5.74, 6) is -1.47. The molecule has 8 nitrogen and oxygen atoms in total. The molecule has 0 saturated carbocycles. The monoisotopic (exact) mass is 392 g/mol. The lowest BCUT2D eigenvalue weighted by molar-refractivity contribution is -0.119. The fourth-order valence-corrected chi connectivity index (χ4v) is 3.78. The summed E-state index contributed by atoms with van der Waals surface area (Å²) in [7, 11) is -2.76. The maximum Gasteiger partial charge on any atom is 0.234 e. The van der Waals surface area contributed by atoms with Crippen LogP contribution in [0.3, 0.4) is 0 Å². The maximum atomic E-state index is 13.4. The lowest BCUT2D eigenvalue weighted by Crippen LogP contribution is -2.37. The molecule has 2 aromatic rings. The number of nitrogens with one attached hydrogen (secondary N) is 1. The average Bonchev–Trinajstić information content (AvgIpc) is 2.96. The highest BCUT2D eigenvalue weighted by Gasteiger charge is 2.24. The first kappa shape index (κ1) is 20.4. The van der Waals surface area contributed by atoms with Crippen LogP contribution in [0.5, 0.6) is 0 Å². The van der Waals surface area contributed by atoms with Gasteiger partial charge in [-0.3, -0.25) is 9.78 Å². The Labute approximate surface area is 157 Å². The Balaban J connectivity index is 2.36. The van der Waals surface area contributed by atoms with E-state index in [2.05, 4.69) is 14.8 Å². The highest BCUT2D eigenvalue weighted by atomic mass is 32.2. The van der Waals surface area contributed by atoms with Crippen LogP contribution in [0.4, 0.5) is 10.1 Å². The smallest absolute Gasteiger partial charge is 0.234 e. The summed E-state index contributed by atoms with van der Waals surface area (Å²) < 4.78 is 29.3. The van der Waals surface area contributed by atoms with Gasteiger partial charge in [-0.1, -0.05) is 0 Å². The van der Waals surface area contributed by atoms with Crippen LogP contribution >= 0.6 is 0 Å². The largest absolute Gasteiger partial charge is 0.309 e. The fraction of sp³-hybridized carbons (Fsp3) is 0.353. The topological polar surface area (TPSA) is 104 Å². The fourth-order valence-electron chi connectivity index (χ4n) is 2.64. The summed E-state index contributed by atoms with van der Waals surface area (Å²) in [5.41, 5.74) is 1.57. The predicted molar refractivity (Wildman–Crippen MR) is 102 cm³/mol. The number of hydrogen-bond acceptors (Lipinski definition) is 5. The standard InChI is InChI=1S/C17H21FN6O2S/c1-5-23(17(25)12(2)10-27(4,26)21-11-19)16-9-24(22-13(16)3)15-6-14(18)7-20-8-15/h6-10,12H,5H2,1-4H3,(H,21,26). The molecule has 0 radical (unpaired) electrons. The Kier molecular flexibility index (Phi) is 6.17. The van der Waals surface area contributed by atoms with Crippen molar-refractivity contribution in [1.82, 2.24) is 19.5 Å². The minimum absolute atomic E-state index is 0.285. The molecule has 0 spiro atoms. The second-order valence-electron chi connectivity index (χ2n) is 6.03. The molecule has 2 heterocycles. The summed E-state index contributed by atoms with van der Waals surface area (Å²) in [4.78, 5) is 18.2. The molecule has 0 saturated heterocycles. The number of amides is 1. The quantitative estimate of drug-likeness (QED) is 0.455. The number of aryl methyl sites for hydroxylation is 1. The number of nitriles is 1. The Hall–Kier alpha value is -2.93. The molecule has 10 heteroatoms. The third kappa shape index (κ3) is 4.83. The Morgan fingerprint density at radius 2 is 2.26 bits per heavy atom. The molecule has 0 aliphatic rings. The first-order chi connectivity index (χ1) is 12.7. The van der Waals surface area contributed by atoms with Crippen LogP contribution in [0.15, 0.2) is 24.7 Å². The van der Waals surface area contributed by atoms with Gasteiger partial charge in [-0.15, -0.1) is 0 Å². The summed E-state index contributed by atoms with van der Waals surface area (Å²) >= 11 is 0. The molecule has 0 aliphatic heterocycles. The molecular weight excluding hydrogens is 371 g/mol. The minimum atomic E-state index is -2.76. The summed E-state index contributed by atoms with van der Waals surface area (Å²) in [6.07, 6.45) is 7.17. The van der Waals surface area contributed by atoms with Crippen molar-refractivity contribution in [2.75, 3.05) is 17.7 Å². The van der Waals surface area contributed by atoms with Crippen LogP contribution in [0.1, 0.15) is 19.5 Å². The van der Waals surface area contributed by atoms with Gasteiger partial charge in [-0.25, -0.2) is 18.0 Å². The first-order valence-corrected chi connectivity index (χ1v) is 10.2. The van der Waals surface area contributed by atoms with Crippen molar-refractivity contribution >= 4 is 26.7 Å². The van der Waals surface area contributed by atoms with Crippen molar-refractivity contribution in [3.8, 4) is 11.9 Å². The van der Waals surface area contributed by atoms with E-state index in [1.807, 2.05) is 6.92 Å². The molecule has 0 bridgehead atoms. The number of anilines is 1. The van der Waals surface area contributed by atoms with E-state index in [0.717, 1.165) is 6.20 Å². The lowest BCUT2D eigenvalue weighted by atomic mass is 10.1. The SMILES string of the molecule is CCN(C(=O)C(C)C=S(C)(=O)NC#N)c1cn(-c2cncc(F)c2)nc1C. The molecule has 2 unspecified atom stereocenters. The number of rotatable bonds is 6. The summed E-state index contributed by atoms with van der Waals surface area (Å²) in [5, 5.41) is 14.3. The van der Waals surface area contributed by atoms with Gasteiger partial charge in [0.25, 0.3) is 0 Å². The number of carbonyl (C=O) groups is 1. The van der Waals surface area contributed by atoms with Gasteiger partial charge in [0.2, 0.25) is 5.91 Å².